The lowest BCUT2D eigenvalue weighted by Crippen LogP contribution is -2.19. The first-order valence-corrected chi connectivity index (χ1v) is 5.77. The van der Waals surface area contributed by atoms with E-state index in [-0.39, 0.29) is 5.56 Å². The van der Waals surface area contributed by atoms with Crippen LogP contribution in [0, 0.1) is 29.3 Å². The lowest BCUT2D eigenvalue weighted by atomic mass is 10.1. The van der Waals surface area contributed by atoms with E-state index in [0.29, 0.717) is 0 Å². The van der Waals surface area contributed by atoms with E-state index in [9.17, 15) is 27.1 Å². The number of rotatable bonds is 4. The Morgan fingerprint density at radius 1 is 1.00 bits per heavy atom. The molecule has 2 N–H and O–H groups in total. The number of anilines is 1. The van der Waals surface area contributed by atoms with Crippen LogP contribution in [0.1, 0.15) is 11.6 Å². The van der Waals surface area contributed by atoms with Crippen molar-refractivity contribution in [3.05, 3.63) is 59.2 Å². The molecule has 1 heterocycles. The van der Waals surface area contributed by atoms with E-state index in [0.717, 1.165) is 6.07 Å². The van der Waals surface area contributed by atoms with Gasteiger partial charge in [-0.2, -0.15) is 22.5 Å². The van der Waals surface area contributed by atoms with Crippen LogP contribution >= 0.6 is 0 Å². The minimum absolute atomic E-state index is 0.114. The van der Waals surface area contributed by atoms with Gasteiger partial charge in [0.1, 0.15) is 11.5 Å². The predicted molar refractivity (Wildman–Crippen MR) is 63.9 cm³/mol. The number of aliphatic hydroxyl groups is 1. The molecular weight excluding hydrogens is 295 g/mol. The van der Waals surface area contributed by atoms with Crippen molar-refractivity contribution in [2.45, 2.75) is 6.04 Å². The molecular formula is C13H9F5N2O. The van der Waals surface area contributed by atoms with Gasteiger partial charge >= 0.3 is 0 Å². The first kappa shape index (κ1) is 15.2. The van der Waals surface area contributed by atoms with Gasteiger partial charge in [0.2, 0.25) is 11.6 Å². The second-order valence-corrected chi connectivity index (χ2v) is 4.10. The van der Waals surface area contributed by atoms with E-state index in [4.69, 9.17) is 0 Å². The Kier molecular flexibility index (Phi) is 4.37. The highest BCUT2D eigenvalue weighted by Crippen LogP contribution is 2.27. The summed E-state index contributed by atoms with van der Waals surface area (Å²) < 4.78 is 66.5. The van der Waals surface area contributed by atoms with Crippen molar-refractivity contribution in [1.29, 1.82) is 0 Å². The average molecular weight is 304 g/mol. The number of nitrogens with one attached hydrogen (secondary N) is 1. The third-order valence-corrected chi connectivity index (χ3v) is 2.78. The zero-order chi connectivity index (χ0) is 15.6. The van der Waals surface area contributed by atoms with E-state index in [1.165, 1.54) is 18.2 Å². The van der Waals surface area contributed by atoms with Crippen molar-refractivity contribution in [3.8, 4) is 0 Å². The average Bonchev–Trinajstić information content (AvgIpc) is 2.47. The molecule has 1 unspecified atom stereocenters. The number of hydrogen-bond acceptors (Lipinski definition) is 3. The van der Waals surface area contributed by atoms with Crippen LogP contribution in [0.25, 0.3) is 0 Å². The summed E-state index contributed by atoms with van der Waals surface area (Å²) in [5, 5.41) is 11.3. The predicted octanol–water partition coefficient (Wildman–Crippen LogP) is 2.92. The van der Waals surface area contributed by atoms with Gasteiger partial charge in [-0.05, 0) is 6.07 Å². The van der Waals surface area contributed by atoms with Crippen LogP contribution in [0.2, 0.25) is 0 Å². The highest BCUT2D eigenvalue weighted by molar-refractivity contribution is 5.47. The number of aromatic nitrogens is 1. The summed E-state index contributed by atoms with van der Waals surface area (Å²) in [5.74, 6) is -7.96. The largest absolute Gasteiger partial charge is 0.394 e. The van der Waals surface area contributed by atoms with Gasteiger partial charge in [-0.15, -0.1) is 0 Å². The molecule has 0 aliphatic carbocycles. The summed E-state index contributed by atoms with van der Waals surface area (Å²) in [4.78, 5) is 2.40. The molecule has 0 bridgehead atoms. The van der Waals surface area contributed by atoms with Gasteiger partial charge in [-0.3, -0.25) is 0 Å². The fourth-order valence-corrected chi connectivity index (χ4v) is 1.77. The summed E-state index contributed by atoms with van der Waals surface area (Å²) in [6, 6.07) is 3.84. The standard InChI is InChI=1S/C13H9F5N2O/c14-7-4-2-1-3-6(7)8(5-21)19-11-9(15)12(17)20-13(18)10(11)16/h1-4,8,21H,5H2,(H,19,20). The van der Waals surface area contributed by atoms with Crippen molar-refractivity contribution < 1.29 is 27.1 Å². The van der Waals surface area contributed by atoms with Gasteiger partial charge in [0.15, 0.2) is 0 Å². The Labute approximate surface area is 116 Å². The molecule has 1 aromatic heterocycles. The minimum atomic E-state index is -1.85. The van der Waals surface area contributed by atoms with E-state index >= 15 is 0 Å². The minimum Gasteiger partial charge on any atom is -0.394 e. The topological polar surface area (TPSA) is 45.1 Å². The summed E-state index contributed by atoms with van der Waals surface area (Å²) in [5.41, 5.74) is -1.28. The van der Waals surface area contributed by atoms with Crippen LogP contribution in [-0.4, -0.2) is 16.7 Å². The second kappa shape index (κ2) is 6.04. The zero-order valence-electron chi connectivity index (χ0n) is 10.4. The number of halogens is 5. The third kappa shape index (κ3) is 2.94. The number of aliphatic hydroxyl groups excluding tert-OH is 1. The molecule has 0 aliphatic rings. The molecule has 112 valence electrons. The second-order valence-electron chi connectivity index (χ2n) is 4.10. The molecule has 0 radical (unpaired) electrons. The molecule has 0 aliphatic heterocycles. The summed E-state index contributed by atoms with van der Waals surface area (Å²) in [6.07, 6.45) is 0. The smallest absolute Gasteiger partial charge is 0.253 e. The molecule has 21 heavy (non-hydrogen) atoms. The van der Waals surface area contributed by atoms with E-state index in [2.05, 4.69) is 4.98 Å². The van der Waals surface area contributed by atoms with Crippen molar-refractivity contribution in [2.24, 2.45) is 0 Å². The van der Waals surface area contributed by atoms with Gasteiger partial charge in [-0.25, -0.2) is 4.39 Å². The lowest BCUT2D eigenvalue weighted by Gasteiger charge is -2.19. The highest BCUT2D eigenvalue weighted by atomic mass is 19.2. The quantitative estimate of drug-likeness (QED) is 0.674. The van der Waals surface area contributed by atoms with Crippen molar-refractivity contribution >= 4 is 5.69 Å². The fraction of sp³-hybridized carbons (Fsp3) is 0.154. The van der Waals surface area contributed by atoms with Gasteiger partial charge < -0.3 is 10.4 Å². The van der Waals surface area contributed by atoms with Gasteiger partial charge in [0.25, 0.3) is 11.9 Å². The maximum Gasteiger partial charge on any atom is 0.253 e. The van der Waals surface area contributed by atoms with Crippen LogP contribution in [-0.2, 0) is 0 Å². The maximum absolute atomic E-state index is 13.6. The van der Waals surface area contributed by atoms with Gasteiger partial charge in [-0.1, -0.05) is 18.2 Å². The zero-order valence-corrected chi connectivity index (χ0v) is 10.4. The first-order valence-electron chi connectivity index (χ1n) is 5.77. The molecule has 1 aromatic carbocycles. The fourth-order valence-electron chi connectivity index (χ4n) is 1.77. The van der Waals surface area contributed by atoms with Crippen LogP contribution in [0.4, 0.5) is 27.6 Å². The summed E-state index contributed by atoms with van der Waals surface area (Å²) >= 11 is 0. The number of nitrogens with zero attached hydrogens (tertiary/aromatic N) is 1. The summed E-state index contributed by atoms with van der Waals surface area (Å²) in [6.45, 7) is -0.759. The SMILES string of the molecule is OCC(Nc1c(F)c(F)nc(F)c1F)c1ccccc1F. The van der Waals surface area contributed by atoms with E-state index < -0.39 is 47.7 Å². The number of hydrogen-bond donors (Lipinski definition) is 2. The molecule has 0 saturated carbocycles. The normalized spacial score (nSPS) is 12.3. The number of pyridine rings is 1. The van der Waals surface area contributed by atoms with Crippen LogP contribution in [0.3, 0.4) is 0 Å². The van der Waals surface area contributed by atoms with Crippen molar-refractivity contribution in [2.75, 3.05) is 11.9 Å². The Morgan fingerprint density at radius 3 is 2.10 bits per heavy atom. The van der Waals surface area contributed by atoms with Crippen molar-refractivity contribution in [3.63, 3.8) is 0 Å². The highest BCUT2D eigenvalue weighted by Gasteiger charge is 2.24. The lowest BCUT2D eigenvalue weighted by molar-refractivity contribution is 0.272. The molecule has 0 spiro atoms. The Balaban J connectivity index is 2.43. The Morgan fingerprint density at radius 2 is 1.57 bits per heavy atom. The molecule has 0 saturated heterocycles. The number of benzene rings is 1. The molecule has 2 aromatic rings. The summed E-state index contributed by atoms with van der Waals surface area (Å²) in [7, 11) is 0. The van der Waals surface area contributed by atoms with Gasteiger partial charge in [0, 0.05) is 5.56 Å². The van der Waals surface area contributed by atoms with Crippen LogP contribution in [0.15, 0.2) is 24.3 Å². The van der Waals surface area contributed by atoms with Crippen LogP contribution in [0.5, 0.6) is 0 Å². The molecule has 0 fully saturated rings. The van der Waals surface area contributed by atoms with Crippen molar-refractivity contribution in [1.82, 2.24) is 4.98 Å². The molecule has 3 nitrogen and oxygen atoms in total. The van der Waals surface area contributed by atoms with E-state index in [1.54, 1.807) is 0 Å². The monoisotopic (exact) mass is 304 g/mol. The Hall–Kier alpha value is -2.22. The van der Waals surface area contributed by atoms with E-state index in [1.807, 2.05) is 5.32 Å². The van der Waals surface area contributed by atoms with Gasteiger partial charge in [0.05, 0.1) is 12.6 Å². The molecule has 2 rings (SSSR count). The first-order chi connectivity index (χ1) is 9.95. The molecule has 1 atom stereocenters. The van der Waals surface area contributed by atoms with Crippen LogP contribution < -0.4 is 5.32 Å². The molecule has 8 heteroatoms. The Bertz CT molecular complexity index is 639. The maximum atomic E-state index is 13.6. The third-order valence-electron chi connectivity index (χ3n) is 2.78. The molecule has 0 amide bonds.